The summed E-state index contributed by atoms with van der Waals surface area (Å²) in [7, 11) is 0. The third-order valence-electron chi connectivity index (χ3n) is 3.53. The Morgan fingerprint density at radius 2 is 1.83 bits per heavy atom. The number of nitrogens with one attached hydrogen (secondary N) is 1. The van der Waals surface area contributed by atoms with E-state index in [4.69, 9.17) is 17.4 Å². The van der Waals surface area contributed by atoms with Crippen LogP contribution in [0.15, 0.2) is 54.6 Å². The fourth-order valence-electron chi connectivity index (χ4n) is 2.32. The average molecular weight is 345 g/mol. The maximum absolute atomic E-state index is 13.0. The fourth-order valence-corrected chi connectivity index (χ4v) is 2.44. The summed E-state index contributed by atoms with van der Waals surface area (Å²) in [5.74, 6) is 4.47. The number of hydrogen-bond acceptors (Lipinski definition) is 3. The number of nitrogen functional groups attached to an aromatic ring is 1. The first kappa shape index (κ1) is 16.2. The molecular weight excluding hydrogens is 331 g/mol. The first-order chi connectivity index (χ1) is 11.6. The van der Waals surface area contributed by atoms with E-state index >= 15 is 0 Å². The quantitative estimate of drug-likeness (QED) is 0.434. The van der Waals surface area contributed by atoms with Gasteiger partial charge in [0.15, 0.2) is 0 Å². The van der Waals surface area contributed by atoms with E-state index in [-0.39, 0.29) is 5.82 Å². The Morgan fingerprint density at radius 1 is 1.17 bits per heavy atom. The number of nitrogens with zero attached hydrogens (tertiary/aromatic N) is 2. The van der Waals surface area contributed by atoms with Gasteiger partial charge in [-0.3, -0.25) is 14.9 Å². The molecule has 1 amide bonds. The van der Waals surface area contributed by atoms with Crippen molar-refractivity contribution in [2.24, 2.45) is 5.84 Å². The van der Waals surface area contributed by atoms with Crippen molar-refractivity contribution in [2.45, 2.75) is 6.54 Å². The second kappa shape index (κ2) is 6.82. The van der Waals surface area contributed by atoms with Crippen LogP contribution in [0.1, 0.15) is 16.1 Å². The Morgan fingerprint density at radius 3 is 2.46 bits per heavy atom. The molecule has 3 N–H and O–H groups in total. The molecule has 1 heterocycles. The minimum Gasteiger partial charge on any atom is -0.289 e. The summed E-state index contributed by atoms with van der Waals surface area (Å²) < 4.78 is 14.6. The van der Waals surface area contributed by atoms with E-state index in [1.54, 1.807) is 30.3 Å². The zero-order valence-electron chi connectivity index (χ0n) is 12.5. The number of carbonyl (C=O) groups is 1. The number of halogens is 2. The highest BCUT2D eigenvalue weighted by molar-refractivity contribution is 6.30. The lowest BCUT2D eigenvalue weighted by Crippen LogP contribution is -2.32. The molecule has 0 aliphatic rings. The molecule has 24 heavy (non-hydrogen) atoms. The first-order valence-electron chi connectivity index (χ1n) is 7.16. The molecule has 0 bridgehead atoms. The van der Waals surface area contributed by atoms with E-state index in [2.05, 4.69) is 10.5 Å². The number of hydrogen-bond donors (Lipinski definition) is 2. The number of aromatic nitrogens is 2. The summed E-state index contributed by atoms with van der Waals surface area (Å²) in [5, 5.41) is 5.08. The number of nitrogens with two attached hydrogens (primary N) is 1. The van der Waals surface area contributed by atoms with Gasteiger partial charge in [-0.15, -0.1) is 0 Å². The van der Waals surface area contributed by atoms with Crippen molar-refractivity contribution in [1.82, 2.24) is 15.2 Å². The third kappa shape index (κ3) is 3.45. The van der Waals surface area contributed by atoms with Crippen LogP contribution in [0.3, 0.4) is 0 Å². The van der Waals surface area contributed by atoms with Crippen molar-refractivity contribution < 1.29 is 9.18 Å². The van der Waals surface area contributed by atoms with Crippen LogP contribution in [0.5, 0.6) is 0 Å². The highest BCUT2D eigenvalue weighted by atomic mass is 35.5. The van der Waals surface area contributed by atoms with E-state index in [1.165, 1.54) is 16.8 Å². The van der Waals surface area contributed by atoms with E-state index in [0.29, 0.717) is 23.0 Å². The van der Waals surface area contributed by atoms with Crippen molar-refractivity contribution in [3.8, 4) is 11.3 Å². The summed E-state index contributed by atoms with van der Waals surface area (Å²) in [5.41, 5.74) is 4.68. The molecule has 7 heteroatoms. The van der Waals surface area contributed by atoms with E-state index in [0.717, 1.165) is 11.1 Å². The zero-order valence-corrected chi connectivity index (χ0v) is 13.3. The van der Waals surface area contributed by atoms with E-state index < -0.39 is 5.91 Å². The van der Waals surface area contributed by atoms with Gasteiger partial charge in [-0.05, 0) is 35.9 Å². The molecule has 122 valence electrons. The van der Waals surface area contributed by atoms with Crippen molar-refractivity contribution >= 4 is 17.5 Å². The largest absolute Gasteiger partial charge is 0.289 e. The summed E-state index contributed by atoms with van der Waals surface area (Å²) in [6, 6.07) is 14.8. The summed E-state index contributed by atoms with van der Waals surface area (Å²) in [4.78, 5) is 12.0. The van der Waals surface area contributed by atoms with Crippen LogP contribution in [0.4, 0.5) is 4.39 Å². The molecule has 0 unspecified atom stereocenters. The van der Waals surface area contributed by atoms with E-state index in [1.807, 2.05) is 12.1 Å². The maximum Gasteiger partial charge on any atom is 0.283 e. The van der Waals surface area contributed by atoms with Gasteiger partial charge in [-0.1, -0.05) is 35.9 Å². The van der Waals surface area contributed by atoms with Crippen molar-refractivity contribution in [3.05, 3.63) is 76.7 Å². The summed E-state index contributed by atoms with van der Waals surface area (Å²) >= 11 is 5.89. The molecule has 3 aromatic rings. The smallest absolute Gasteiger partial charge is 0.283 e. The van der Waals surface area contributed by atoms with Crippen molar-refractivity contribution in [1.29, 1.82) is 0 Å². The number of carbonyl (C=O) groups excluding carboxylic acids is 1. The average Bonchev–Trinajstić information content (AvgIpc) is 3.00. The molecule has 1 aromatic heterocycles. The lowest BCUT2D eigenvalue weighted by Gasteiger charge is -2.06. The lowest BCUT2D eigenvalue weighted by atomic mass is 10.1. The third-order valence-corrected chi connectivity index (χ3v) is 3.78. The van der Waals surface area contributed by atoms with Crippen LogP contribution in [-0.4, -0.2) is 15.7 Å². The predicted octanol–water partition coefficient (Wildman–Crippen LogP) is 2.99. The summed E-state index contributed by atoms with van der Waals surface area (Å²) in [6.45, 7) is 0.316. The molecule has 0 aliphatic heterocycles. The Kier molecular flexibility index (Phi) is 4.59. The predicted molar refractivity (Wildman–Crippen MR) is 89.8 cm³/mol. The molecule has 0 atom stereocenters. The van der Waals surface area contributed by atoms with Gasteiger partial charge in [0.05, 0.1) is 12.2 Å². The van der Waals surface area contributed by atoms with Crippen LogP contribution in [0, 0.1) is 5.82 Å². The van der Waals surface area contributed by atoms with Gasteiger partial charge in [-0.25, -0.2) is 10.2 Å². The Balaban J connectivity index is 1.98. The molecule has 0 saturated carbocycles. The van der Waals surface area contributed by atoms with Crippen LogP contribution in [0.2, 0.25) is 5.02 Å². The molecule has 5 nitrogen and oxygen atoms in total. The minimum atomic E-state index is -0.454. The number of benzene rings is 2. The zero-order chi connectivity index (χ0) is 17.1. The molecule has 0 spiro atoms. The molecule has 0 saturated heterocycles. The highest BCUT2D eigenvalue weighted by Crippen LogP contribution is 2.22. The highest BCUT2D eigenvalue weighted by Gasteiger charge is 2.16. The Bertz CT molecular complexity index is 859. The van der Waals surface area contributed by atoms with Gasteiger partial charge in [0.2, 0.25) is 0 Å². The van der Waals surface area contributed by atoms with Gasteiger partial charge in [0.1, 0.15) is 11.5 Å². The van der Waals surface area contributed by atoms with Crippen LogP contribution in [0.25, 0.3) is 11.3 Å². The number of hydrazine groups is 1. The van der Waals surface area contributed by atoms with Gasteiger partial charge in [0.25, 0.3) is 5.91 Å². The van der Waals surface area contributed by atoms with Crippen LogP contribution < -0.4 is 11.3 Å². The van der Waals surface area contributed by atoms with Gasteiger partial charge < -0.3 is 0 Å². The fraction of sp³-hybridized carbons (Fsp3) is 0.0588. The van der Waals surface area contributed by atoms with Crippen LogP contribution in [-0.2, 0) is 6.54 Å². The number of amides is 1. The molecule has 2 aromatic carbocycles. The lowest BCUT2D eigenvalue weighted by molar-refractivity contribution is 0.0943. The first-order valence-corrected chi connectivity index (χ1v) is 7.54. The van der Waals surface area contributed by atoms with Crippen molar-refractivity contribution in [3.63, 3.8) is 0 Å². The Labute approximate surface area is 142 Å². The second-order valence-corrected chi connectivity index (χ2v) is 5.62. The normalized spacial score (nSPS) is 10.6. The minimum absolute atomic E-state index is 0.312. The monoisotopic (exact) mass is 344 g/mol. The van der Waals surface area contributed by atoms with Gasteiger partial charge in [-0.2, -0.15) is 5.10 Å². The Hall–Kier alpha value is -2.70. The maximum atomic E-state index is 13.0. The second-order valence-electron chi connectivity index (χ2n) is 5.18. The molecule has 0 radical (unpaired) electrons. The van der Waals surface area contributed by atoms with E-state index in [9.17, 15) is 9.18 Å². The van der Waals surface area contributed by atoms with Crippen molar-refractivity contribution in [2.75, 3.05) is 0 Å². The molecule has 0 aliphatic carbocycles. The van der Waals surface area contributed by atoms with Gasteiger partial charge >= 0.3 is 0 Å². The van der Waals surface area contributed by atoms with Gasteiger partial charge in [0, 0.05) is 10.6 Å². The SMILES string of the molecule is NNC(=O)c1cc(-c2ccc(Cl)cc2)nn1Cc1ccc(F)cc1. The molecular formula is C17H14ClFN4O. The number of rotatable bonds is 4. The molecule has 0 fully saturated rings. The van der Waals surface area contributed by atoms with Crippen LogP contribution >= 0.6 is 11.6 Å². The standard InChI is InChI=1S/C17H14ClFN4O/c18-13-5-3-12(4-6-13)15-9-16(17(24)21-20)23(22-15)10-11-1-7-14(19)8-2-11/h1-9H,10,20H2,(H,21,24). The summed E-state index contributed by atoms with van der Waals surface area (Å²) in [6.07, 6.45) is 0. The molecule has 3 rings (SSSR count). The topological polar surface area (TPSA) is 72.9 Å².